The molecule has 0 aliphatic heterocycles. The van der Waals surface area contributed by atoms with Crippen LogP contribution in [0.3, 0.4) is 0 Å². The van der Waals surface area contributed by atoms with Crippen molar-refractivity contribution in [1.82, 2.24) is 34.4 Å². The van der Waals surface area contributed by atoms with E-state index >= 15 is 0 Å². The van der Waals surface area contributed by atoms with Crippen LogP contribution in [-0.4, -0.2) is 51.2 Å². The molecule has 138 valence electrons. The summed E-state index contributed by atoms with van der Waals surface area (Å²) in [6.45, 7) is 6.22. The number of hydrogen-bond acceptors (Lipinski definition) is 7. The van der Waals surface area contributed by atoms with Crippen LogP contribution in [0.25, 0.3) is 5.82 Å². The molecule has 3 N–H and O–H groups in total. The van der Waals surface area contributed by atoms with Gasteiger partial charge in [0.1, 0.15) is 11.6 Å². The molecular weight excluding hydrogens is 356 g/mol. The second-order valence-electron chi connectivity index (χ2n) is 5.74. The fourth-order valence-corrected chi connectivity index (χ4v) is 3.39. The van der Waals surface area contributed by atoms with Crippen molar-refractivity contribution in [2.24, 2.45) is 0 Å². The SMILES string of the molecule is Cc1cc(C)n(-c2cc(NCCNS(=O)(=O)c3cnc[nH]3)nc(C)n2)n1. The maximum Gasteiger partial charge on any atom is 0.257 e. The summed E-state index contributed by atoms with van der Waals surface area (Å²) < 4.78 is 28.2. The normalized spacial score (nSPS) is 11.7. The zero-order chi connectivity index (χ0) is 18.7. The molecule has 0 fully saturated rings. The lowest BCUT2D eigenvalue weighted by Crippen LogP contribution is -2.29. The Morgan fingerprint density at radius 3 is 2.62 bits per heavy atom. The molecule has 0 unspecified atom stereocenters. The minimum absolute atomic E-state index is 0.0298. The molecule has 0 saturated carbocycles. The Labute approximate surface area is 151 Å². The first-order valence-corrected chi connectivity index (χ1v) is 9.45. The molecule has 10 nitrogen and oxygen atoms in total. The van der Waals surface area contributed by atoms with Gasteiger partial charge in [0.25, 0.3) is 10.0 Å². The average molecular weight is 376 g/mol. The van der Waals surface area contributed by atoms with E-state index in [9.17, 15) is 8.42 Å². The monoisotopic (exact) mass is 376 g/mol. The quantitative estimate of drug-likeness (QED) is 0.517. The third-order valence-electron chi connectivity index (χ3n) is 3.54. The van der Waals surface area contributed by atoms with Crippen LogP contribution in [0.15, 0.2) is 29.7 Å². The third-order valence-corrected chi connectivity index (χ3v) is 4.92. The average Bonchev–Trinajstić information content (AvgIpc) is 3.21. The molecule has 26 heavy (non-hydrogen) atoms. The fourth-order valence-electron chi connectivity index (χ4n) is 2.46. The maximum atomic E-state index is 12.0. The van der Waals surface area contributed by atoms with Crippen LogP contribution in [0, 0.1) is 20.8 Å². The summed E-state index contributed by atoms with van der Waals surface area (Å²) in [6, 6.07) is 3.74. The van der Waals surface area contributed by atoms with Crippen LogP contribution in [0.2, 0.25) is 0 Å². The van der Waals surface area contributed by atoms with Gasteiger partial charge >= 0.3 is 0 Å². The largest absolute Gasteiger partial charge is 0.369 e. The lowest BCUT2D eigenvalue weighted by atomic mass is 10.4. The lowest BCUT2D eigenvalue weighted by Gasteiger charge is -2.10. The van der Waals surface area contributed by atoms with Gasteiger partial charge in [0.15, 0.2) is 10.8 Å². The van der Waals surface area contributed by atoms with E-state index < -0.39 is 10.0 Å². The number of sulfonamides is 1. The Bertz CT molecular complexity index is 995. The topological polar surface area (TPSA) is 130 Å². The van der Waals surface area contributed by atoms with Gasteiger partial charge < -0.3 is 10.3 Å². The van der Waals surface area contributed by atoms with Crippen LogP contribution in [-0.2, 0) is 10.0 Å². The van der Waals surface area contributed by atoms with E-state index in [0.29, 0.717) is 24.0 Å². The number of aromatic nitrogens is 6. The molecule has 0 atom stereocenters. The van der Waals surface area contributed by atoms with Gasteiger partial charge in [-0.05, 0) is 26.8 Å². The first-order chi connectivity index (χ1) is 12.3. The van der Waals surface area contributed by atoms with E-state index in [1.807, 2.05) is 19.9 Å². The first kappa shape index (κ1) is 18.0. The highest BCUT2D eigenvalue weighted by atomic mass is 32.2. The third kappa shape index (κ3) is 4.06. The number of anilines is 1. The highest BCUT2D eigenvalue weighted by Crippen LogP contribution is 2.13. The smallest absolute Gasteiger partial charge is 0.257 e. The van der Waals surface area contributed by atoms with Gasteiger partial charge in [0.2, 0.25) is 0 Å². The number of H-pyrrole nitrogens is 1. The maximum absolute atomic E-state index is 12.0. The zero-order valence-corrected chi connectivity index (χ0v) is 15.5. The molecule has 3 heterocycles. The molecule has 0 aliphatic carbocycles. The molecule has 0 saturated heterocycles. The van der Waals surface area contributed by atoms with Crippen LogP contribution >= 0.6 is 0 Å². The minimum Gasteiger partial charge on any atom is -0.369 e. The van der Waals surface area contributed by atoms with Crippen molar-refractivity contribution in [2.75, 3.05) is 18.4 Å². The van der Waals surface area contributed by atoms with Crippen LogP contribution in [0.4, 0.5) is 5.82 Å². The molecule has 0 amide bonds. The number of hydrogen-bond donors (Lipinski definition) is 3. The van der Waals surface area contributed by atoms with E-state index in [-0.39, 0.29) is 11.6 Å². The van der Waals surface area contributed by atoms with Crippen LogP contribution in [0.1, 0.15) is 17.2 Å². The Hall–Kier alpha value is -2.79. The predicted molar refractivity (Wildman–Crippen MR) is 95.6 cm³/mol. The second-order valence-corrected chi connectivity index (χ2v) is 7.47. The predicted octanol–water partition coefficient (Wildman–Crippen LogP) is 0.701. The summed E-state index contributed by atoms with van der Waals surface area (Å²) in [5, 5.41) is 7.54. The molecular formula is C15H20N8O2S. The molecule has 0 radical (unpaired) electrons. The number of aromatic amines is 1. The van der Waals surface area contributed by atoms with Crippen LogP contribution in [0.5, 0.6) is 0 Å². The summed E-state index contributed by atoms with van der Waals surface area (Å²) in [5.74, 6) is 1.85. The van der Waals surface area contributed by atoms with Crippen LogP contribution < -0.4 is 10.0 Å². The van der Waals surface area contributed by atoms with Crippen molar-refractivity contribution in [1.29, 1.82) is 0 Å². The zero-order valence-electron chi connectivity index (χ0n) is 14.7. The number of aryl methyl sites for hydroxylation is 3. The molecule has 3 aromatic rings. The number of rotatable bonds is 7. The van der Waals surface area contributed by atoms with Gasteiger partial charge in [0, 0.05) is 24.8 Å². The molecule has 0 aliphatic rings. The van der Waals surface area contributed by atoms with Gasteiger partial charge in [-0.25, -0.2) is 32.8 Å². The van der Waals surface area contributed by atoms with E-state index in [0.717, 1.165) is 11.4 Å². The van der Waals surface area contributed by atoms with Gasteiger partial charge in [-0.15, -0.1) is 0 Å². The van der Waals surface area contributed by atoms with Gasteiger partial charge in [-0.1, -0.05) is 0 Å². The number of nitrogens with one attached hydrogen (secondary N) is 3. The summed E-state index contributed by atoms with van der Waals surface area (Å²) in [5.41, 5.74) is 1.88. The highest BCUT2D eigenvalue weighted by molar-refractivity contribution is 7.89. The van der Waals surface area contributed by atoms with E-state index in [1.54, 1.807) is 17.7 Å². The number of nitrogens with zero attached hydrogens (tertiary/aromatic N) is 5. The molecule has 0 aromatic carbocycles. The van der Waals surface area contributed by atoms with Crippen molar-refractivity contribution in [3.8, 4) is 5.82 Å². The lowest BCUT2D eigenvalue weighted by molar-refractivity contribution is 0.579. The molecule has 3 rings (SSSR count). The van der Waals surface area contributed by atoms with Gasteiger partial charge in [0.05, 0.1) is 18.2 Å². The second kappa shape index (κ2) is 7.22. The molecule has 3 aromatic heterocycles. The molecule has 11 heteroatoms. The Balaban J connectivity index is 1.65. The standard InChI is InChI=1S/C15H20N8O2S/c1-10-6-11(2)23(22-10)14-7-13(20-12(3)21-14)17-4-5-19-26(24,25)15-8-16-9-18-15/h6-9,19H,4-5H2,1-3H3,(H,16,18)(H,17,20,21). The Morgan fingerprint density at radius 1 is 1.15 bits per heavy atom. The summed E-state index contributed by atoms with van der Waals surface area (Å²) in [4.78, 5) is 15.0. The van der Waals surface area contributed by atoms with Gasteiger partial charge in [-0.3, -0.25) is 0 Å². The van der Waals surface area contributed by atoms with E-state index in [2.05, 4.69) is 35.1 Å². The van der Waals surface area contributed by atoms with Crippen molar-refractivity contribution in [2.45, 2.75) is 25.8 Å². The van der Waals surface area contributed by atoms with Crippen molar-refractivity contribution >= 4 is 15.8 Å². The highest BCUT2D eigenvalue weighted by Gasteiger charge is 2.14. The Kier molecular flexibility index (Phi) is 5.00. The summed E-state index contributed by atoms with van der Waals surface area (Å²) >= 11 is 0. The van der Waals surface area contributed by atoms with E-state index in [4.69, 9.17) is 0 Å². The van der Waals surface area contributed by atoms with Crippen molar-refractivity contribution in [3.05, 3.63) is 41.9 Å². The number of imidazole rings is 1. The summed E-state index contributed by atoms with van der Waals surface area (Å²) in [7, 11) is -3.59. The van der Waals surface area contributed by atoms with E-state index in [1.165, 1.54) is 12.5 Å². The first-order valence-electron chi connectivity index (χ1n) is 7.96. The summed E-state index contributed by atoms with van der Waals surface area (Å²) in [6.07, 6.45) is 2.57. The van der Waals surface area contributed by atoms with Crippen molar-refractivity contribution < 1.29 is 8.42 Å². The molecule has 0 spiro atoms. The minimum atomic E-state index is -3.59. The Morgan fingerprint density at radius 2 is 1.96 bits per heavy atom. The van der Waals surface area contributed by atoms with Gasteiger partial charge in [-0.2, -0.15) is 5.10 Å². The van der Waals surface area contributed by atoms with Crippen molar-refractivity contribution in [3.63, 3.8) is 0 Å². The molecule has 0 bridgehead atoms. The fraction of sp³-hybridized carbons (Fsp3) is 0.333.